The number of halogens is 1. The summed E-state index contributed by atoms with van der Waals surface area (Å²) in [6.07, 6.45) is 2.81. The van der Waals surface area contributed by atoms with Crippen LogP contribution in [0.1, 0.15) is 23.1 Å². The Morgan fingerprint density at radius 3 is 2.92 bits per heavy atom. The van der Waals surface area contributed by atoms with Crippen LogP contribution in [0.2, 0.25) is 0 Å². The minimum Gasteiger partial charge on any atom is -0.327 e. The van der Waals surface area contributed by atoms with Gasteiger partial charge in [-0.25, -0.2) is 4.39 Å². The van der Waals surface area contributed by atoms with E-state index in [0.29, 0.717) is 0 Å². The van der Waals surface area contributed by atoms with E-state index in [9.17, 15) is 4.39 Å². The molecule has 2 rings (SSSR count). The molecule has 13 heavy (non-hydrogen) atoms. The van der Waals surface area contributed by atoms with Crippen LogP contribution in [0.5, 0.6) is 0 Å². The Bertz CT molecular complexity index is 333. The van der Waals surface area contributed by atoms with Gasteiger partial charge in [0.1, 0.15) is 5.82 Å². The third kappa shape index (κ3) is 1.59. The van der Waals surface area contributed by atoms with Gasteiger partial charge in [-0.1, -0.05) is 6.07 Å². The van der Waals surface area contributed by atoms with E-state index in [4.69, 9.17) is 5.73 Å². The number of nitrogens with two attached hydrogens (primary N) is 1. The van der Waals surface area contributed by atoms with Crippen molar-refractivity contribution in [3.8, 4) is 0 Å². The molecule has 0 fully saturated rings. The second-order valence-electron chi connectivity index (χ2n) is 3.87. The minimum absolute atomic E-state index is 0.0887. The Balaban J connectivity index is 2.43. The molecule has 0 saturated carbocycles. The average molecular weight is 179 g/mol. The molecule has 0 amide bonds. The summed E-state index contributed by atoms with van der Waals surface area (Å²) >= 11 is 0. The minimum atomic E-state index is -0.0887. The third-order valence-corrected chi connectivity index (χ3v) is 2.75. The Hall–Kier alpha value is -0.890. The summed E-state index contributed by atoms with van der Waals surface area (Å²) in [6, 6.07) is 3.86. The van der Waals surface area contributed by atoms with E-state index in [1.54, 1.807) is 13.0 Å². The van der Waals surface area contributed by atoms with Crippen molar-refractivity contribution >= 4 is 0 Å². The maximum atomic E-state index is 13.2. The van der Waals surface area contributed by atoms with Crippen molar-refractivity contribution in [3.63, 3.8) is 0 Å². The van der Waals surface area contributed by atoms with Crippen LogP contribution in [-0.4, -0.2) is 6.04 Å². The van der Waals surface area contributed by atoms with Gasteiger partial charge in [-0.05, 0) is 48.9 Å². The SMILES string of the molecule is Cc1cc2c(cc1F)CCC(N)C2. The number of fused-ring (bicyclic) bond motifs is 1. The predicted octanol–water partition coefficient (Wildman–Crippen LogP) is 1.95. The van der Waals surface area contributed by atoms with E-state index in [1.165, 1.54) is 5.56 Å². The molecule has 1 aromatic rings. The summed E-state index contributed by atoms with van der Waals surface area (Å²) in [7, 11) is 0. The summed E-state index contributed by atoms with van der Waals surface area (Å²) in [5, 5.41) is 0. The second-order valence-corrected chi connectivity index (χ2v) is 3.87. The van der Waals surface area contributed by atoms with Gasteiger partial charge < -0.3 is 5.73 Å². The van der Waals surface area contributed by atoms with Crippen molar-refractivity contribution in [1.82, 2.24) is 0 Å². The zero-order valence-corrected chi connectivity index (χ0v) is 7.81. The molecule has 0 aliphatic heterocycles. The summed E-state index contributed by atoms with van der Waals surface area (Å²) in [5.74, 6) is -0.0887. The van der Waals surface area contributed by atoms with Crippen LogP contribution < -0.4 is 5.73 Å². The summed E-state index contributed by atoms with van der Waals surface area (Å²) in [4.78, 5) is 0. The Morgan fingerprint density at radius 2 is 2.15 bits per heavy atom. The van der Waals surface area contributed by atoms with Crippen LogP contribution in [0.25, 0.3) is 0 Å². The van der Waals surface area contributed by atoms with Crippen molar-refractivity contribution in [2.75, 3.05) is 0 Å². The molecule has 1 aliphatic carbocycles. The first kappa shape index (κ1) is 8.70. The van der Waals surface area contributed by atoms with Gasteiger partial charge in [0.05, 0.1) is 0 Å². The van der Waals surface area contributed by atoms with Crippen molar-refractivity contribution < 1.29 is 4.39 Å². The molecular weight excluding hydrogens is 165 g/mol. The molecule has 1 atom stereocenters. The Kier molecular flexibility index (Phi) is 2.08. The monoisotopic (exact) mass is 179 g/mol. The van der Waals surface area contributed by atoms with E-state index in [2.05, 4.69) is 0 Å². The van der Waals surface area contributed by atoms with Gasteiger partial charge in [-0.3, -0.25) is 0 Å². The molecule has 1 aromatic carbocycles. The van der Waals surface area contributed by atoms with E-state index in [-0.39, 0.29) is 11.9 Å². The number of aryl methyl sites for hydroxylation is 2. The maximum absolute atomic E-state index is 13.2. The van der Waals surface area contributed by atoms with E-state index in [1.807, 2.05) is 6.07 Å². The summed E-state index contributed by atoms with van der Waals surface area (Å²) in [6.45, 7) is 1.80. The third-order valence-electron chi connectivity index (χ3n) is 2.75. The van der Waals surface area contributed by atoms with Crippen molar-refractivity contribution in [1.29, 1.82) is 0 Å². The molecule has 0 radical (unpaired) electrons. The van der Waals surface area contributed by atoms with Crippen LogP contribution in [0, 0.1) is 12.7 Å². The average Bonchev–Trinajstić information content (AvgIpc) is 2.08. The first-order valence-corrected chi connectivity index (χ1v) is 4.70. The first-order valence-electron chi connectivity index (χ1n) is 4.70. The maximum Gasteiger partial charge on any atom is 0.126 e. The highest BCUT2D eigenvalue weighted by molar-refractivity contribution is 5.35. The molecule has 2 N–H and O–H groups in total. The van der Waals surface area contributed by atoms with E-state index >= 15 is 0 Å². The Labute approximate surface area is 77.8 Å². The number of rotatable bonds is 0. The quantitative estimate of drug-likeness (QED) is 0.647. The van der Waals surface area contributed by atoms with Gasteiger partial charge in [0.15, 0.2) is 0 Å². The lowest BCUT2D eigenvalue weighted by Gasteiger charge is -2.21. The van der Waals surface area contributed by atoms with Crippen LogP contribution >= 0.6 is 0 Å². The summed E-state index contributed by atoms with van der Waals surface area (Å²) < 4.78 is 13.2. The van der Waals surface area contributed by atoms with Crippen molar-refractivity contribution in [2.45, 2.75) is 32.2 Å². The number of benzene rings is 1. The van der Waals surface area contributed by atoms with Crippen LogP contribution in [-0.2, 0) is 12.8 Å². The van der Waals surface area contributed by atoms with Gasteiger partial charge in [0.25, 0.3) is 0 Å². The largest absolute Gasteiger partial charge is 0.327 e. The van der Waals surface area contributed by atoms with E-state index < -0.39 is 0 Å². The molecule has 0 heterocycles. The standard InChI is InChI=1S/C11H14FN/c1-7-4-9-5-10(13)3-2-8(9)6-11(7)12/h4,6,10H,2-3,5,13H2,1H3. The van der Waals surface area contributed by atoms with Crippen LogP contribution in [0.15, 0.2) is 12.1 Å². The molecule has 0 aromatic heterocycles. The van der Waals surface area contributed by atoms with Crippen LogP contribution in [0.4, 0.5) is 4.39 Å². The highest BCUT2D eigenvalue weighted by Gasteiger charge is 2.16. The lowest BCUT2D eigenvalue weighted by atomic mass is 9.87. The molecule has 0 saturated heterocycles. The highest BCUT2D eigenvalue weighted by Crippen LogP contribution is 2.23. The molecule has 1 aliphatic rings. The topological polar surface area (TPSA) is 26.0 Å². The zero-order valence-electron chi connectivity index (χ0n) is 7.81. The fourth-order valence-corrected chi connectivity index (χ4v) is 1.93. The van der Waals surface area contributed by atoms with E-state index in [0.717, 1.165) is 30.4 Å². The predicted molar refractivity (Wildman–Crippen MR) is 51.1 cm³/mol. The number of hydrogen-bond acceptors (Lipinski definition) is 1. The molecule has 1 nitrogen and oxygen atoms in total. The van der Waals surface area contributed by atoms with Gasteiger partial charge in [0.2, 0.25) is 0 Å². The molecular formula is C11H14FN. The number of hydrogen-bond donors (Lipinski definition) is 1. The van der Waals surface area contributed by atoms with Gasteiger partial charge in [-0.2, -0.15) is 0 Å². The second kappa shape index (κ2) is 3.11. The zero-order chi connectivity index (χ0) is 9.42. The van der Waals surface area contributed by atoms with Gasteiger partial charge >= 0.3 is 0 Å². The van der Waals surface area contributed by atoms with Crippen molar-refractivity contribution in [3.05, 3.63) is 34.6 Å². The fraction of sp³-hybridized carbons (Fsp3) is 0.455. The Morgan fingerprint density at radius 1 is 1.38 bits per heavy atom. The molecule has 0 bridgehead atoms. The molecule has 1 unspecified atom stereocenters. The molecule has 0 spiro atoms. The van der Waals surface area contributed by atoms with Crippen LogP contribution in [0.3, 0.4) is 0 Å². The lowest BCUT2D eigenvalue weighted by molar-refractivity contribution is 0.563. The first-order chi connectivity index (χ1) is 6.16. The molecule has 2 heteroatoms. The normalized spacial score (nSPS) is 21.3. The lowest BCUT2D eigenvalue weighted by Crippen LogP contribution is -2.28. The van der Waals surface area contributed by atoms with Gasteiger partial charge in [0, 0.05) is 6.04 Å². The van der Waals surface area contributed by atoms with Gasteiger partial charge in [-0.15, -0.1) is 0 Å². The summed E-state index contributed by atoms with van der Waals surface area (Å²) in [5.41, 5.74) is 8.95. The smallest absolute Gasteiger partial charge is 0.126 e. The highest BCUT2D eigenvalue weighted by atomic mass is 19.1. The molecule has 70 valence electrons. The fourth-order valence-electron chi connectivity index (χ4n) is 1.93. The van der Waals surface area contributed by atoms with Crippen molar-refractivity contribution in [2.24, 2.45) is 5.73 Å².